The molecule has 0 aliphatic carbocycles. The molecule has 1 N–H and O–H groups in total. The van der Waals surface area contributed by atoms with Gasteiger partial charge >= 0.3 is 18.4 Å². The first-order valence-electron chi connectivity index (χ1n) is 7.95. The van der Waals surface area contributed by atoms with E-state index in [0.717, 1.165) is 31.1 Å². The SMILES string of the molecule is O=C1CC(=O)OC(NCCc2cccc3c2SC2=NCCCN23)O1. The van der Waals surface area contributed by atoms with Crippen molar-refractivity contribution >= 4 is 34.6 Å². The van der Waals surface area contributed by atoms with Crippen molar-refractivity contribution in [1.82, 2.24) is 5.32 Å². The molecule has 24 heavy (non-hydrogen) atoms. The summed E-state index contributed by atoms with van der Waals surface area (Å²) in [6.07, 6.45) is 0.508. The number of hydrogen-bond donors (Lipinski definition) is 1. The zero-order valence-corrected chi connectivity index (χ0v) is 13.8. The van der Waals surface area contributed by atoms with Crippen molar-refractivity contribution in [2.24, 2.45) is 4.99 Å². The second kappa shape index (κ2) is 6.45. The van der Waals surface area contributed by atoms with Crippen molar-refractivity contribution < 1.29 is 19.1 Å². The molecule has 0 unspecified atom stereocenters. The van der Waals surface area contributed by atoms with Crippen LogP contribution in [-0.4, -0.2) is 43.2 Å². The second-order valence-corrected chi connectivity index (χ2v) is 6.71. The number of nitrogens with one attached hydrogen (secondary N) is 1. The summed E-state index contributed by atoms with van der Waals surface area (Å²) in [6, 6.07) is 6.26. The molecule has 126 valence electrons. The van der Waals surface area contributed by atoms with Gasteiger partial charge < -0.3 is 14.4 Å². The van der Waals surface area contributed by atoms with E-state index in [9.17, 15) is 9.59 Å². The van der Waals surface area contributed by atoms with Crippen molar-refractivity contribution in [2.45, 2.75) is 30.6 Å². The molecule has 8 heteroatoms. The van der Waals surface area contributed by atoms with E-state index >= 15 is 0 Å². The Kier molecular flexibility index (Phi) is 4.15. The fourth-order valence-electron chi connectivity index (χ4n) is 2.96. The average Bonchev–Trinajstić information content (AvgIpc) is 2.94. The monoisotopic (exact) mass is 347 g/mol. The molecule has 0 bridgehead atoms. The molecule has 1 aromatic carbocycles. The first-order valence-corrected chi connectivity index (χ1v) is 8.76. The summed E-state index contributed by atoms with van der Waals surface area (Å²) in [4.78, 5) is 30.6. The van der Waals surface area contributed by atoms with Crippen LogP contribution in [-0.2, 0) is 25.5 Å². The molecule has 1 aromatic rings. The quantitative estimate of drug-likeness (QED) is 0.649. The van der Waals surface area contributed by atoms with E-state index < -0.39 is 18.4 Å². The van der Waals surface area contributed by atoms with Crippen LogP contribution in [0, 0.1) is 0 Å². The van der Waals surface area contributed by atoms with Crippen LogP contribution >= 0.6 is 11.8 Å². The van der Waals surface area contributed by atoms with E-state index in [0.29, 0.717) is 6.54 Å². The Morgan fingerprint density at radius 3 is 2.96 bits per heavy atom. The Bertz CT molecular complexity index is 705. The van der Waals surface area contributed by atoms with E-state index in [-0.39, 0.29) is 6.42 Å². The first kappa shape index (κ1) is 15.5. The van der Waals surface area contributed by atoms with Gasteiger partial charge in [-0.2, -0.15) is 0 Å². The van der Waals surface area contributed by atoms with Crippen molar-refractivity contribution in [3.05, 3.63) is 23.8 Å². The van der Waals surface area contributed by atoms with Gasteiger partial charge in [0, 0.05) is 24.5 Å². The van der Waals surface area contributed by atoms with Gasteiger partial charge in [0.15, 0.2) is 5.17 Å². The highest BCUT2D eigenvalue weighted by Crippen LogP contribution is 2.43. The molecule has 4 rings (SSSR count). The fraction of sp³-hybridized carbons (Fsp3) is 0.438. The summed E-state index contributed by atoms with van der Waals surface area (Å²) >= 11 is 1.71. The van der Waals surface area contributed by atoms with Gasteiger partial charge in [-0.15, -0.1) is 0 Å². The molecular formula is C16H17N3O4S. The maximum atomic E-state index is 11.2. The molecular weight excluding hydrogens is 330 g/mol. The van der Waals surface area contributed by atoms with Gasteiger partial charge in [-0.1, -0.05) is 12.1 Å². The summed E-state index contributed by atoms with van der Waals surface area (Å²) in [5.41, 5.74) is 2.42. The summed E-state index contributed by atoms with van der Waals surface area (Å²) in [5.74, 6) is -1.12. The number of amidine groups is 1. The third-order valence-corrected chi connectivity index (χ3v) is 5.26. The highest BCUT2D eigenvalue weighted by atomic mass is 32.2. The molecule has 0 radical (unpaired) electrons. The van der Waals surface area contributed by atoms with Gasteiger partial charge in [0.2, 0.25) is 0 Å². The van der Waals surface area contributed by atoms with Crippen molar-refractivity contribution in [3.63, 3.8) is 0 Å². The van der Waals surface area contributed by atoms with Crippen LogP contribution < -0.4 is 10.2 Å². The fourth-order valence-corrected chi connectivity index (χ4v) is 4.18. The minimum atomic E-state index is -0.987. The zero-order valence-electron chi connectivity index (χ0n) is 13.0. The molecule has 1 saturated heterocycles. The van der Waals surface area contributed by atoms with Crippen LogP contribution in [0.4, 0.5) is 5.69 Å². The molecule has 7 nitrogen and oxygen atoms in total. The largest absolute Gasteiger partial charge is 0.411 e. The van der Waals surface area contributed by atoms with Gasteiger partial charge in [0.1, 0.15) is 6.42 Å². The van der Waals surface area contributed by atoms with Gasteiger partial charge in [-0.25, -0.2) is 5.32 Å². The van der Waals surface area contributed by atoms with Crippen molar-refractivity contribution in [2.75, 3.05) is 24.5 Å². The molecule has 0 atom stereocenters. The Hall–Kier alpha value is -2.06. The minimum absolute atomic E-state index is 0.320. The predicted octanol–water partition coefficient (Wildman–Crippen LogP) is 1.26. The number of carbonyl (C=O) groups excluding carboxylic acids is 2. The number of rotatable bonds is 4. The van der Waals surface area contributed by atoms with Crippen molar-refractivity contribution in [1.29, 1.82) is 0 Å². The second-order valence-electron chi connectivity index (χ2n) is 5.73. The molecule has 0 aromatic heterocycles. The Labute approximate surface area is 143 Å². The highest BCUT2D eigenvalue weighted by Gasteiger charge is 2.30. The zero-order chi connectivity index (χ0) is 16.5. The normalized spacial score (nSPS) is 20.2. The van der Waals surface area contributed by atoms with Gasteiger partial charge in [-0.3, -0.25) is 14.6 Å². The minimum Gasteiger partial charge on any atom is -0.411 e. The Balaban J connectivity index is 1.41. The average molecular weight is 347 g/mol. The van der Waals surface area contributed by atoms with E-state index in [1.807, 2.05) is 6.07 Å². The predicted molar refractivity (Wildman–Crippen MR) is 88.9 cm³/mol. The van der Waals surface area contributed by atoms with Crippen LogP contribution in [0.1, 0.15) is 18.4 Å². The molecule has 3 heterocycles. The van der Waals surface area contributed by atoms with Crippen molar-refractivity contribution in [3.8, 4) is 0 Å². The number of esters is 2. The smallest absolute Gasteiger partial charge is 0.321 e. The summed E-state index contributed by atoms with van der Waals surface area (Å²) in [7, 11) is 0. The van der Waals surface area contributed by atoms with Crippen LogP contribution in [0.15, 0.2) is 28.1 Å². The molecule has 0 saturated carbocycles. The molecule has 0 spiro atoms. The Morgan fingerprint density at radius 1 is 1.29 bits per heavy atom. The first-order chi connectivity index (χ1) is 11.7. The molecule has 3 aliphatic heterocycles. The lowest BCUT2D eigenvalue weighted by molar-refractivity contribution is -0.208. The number of cyclic esters (lactones) is 2. The van der Waals surface area contributed by atoms with E-state index in [2.05, 4.69) is 27.3 Å². The van der Waals surface area contributed by atoms with E-state index in [1.54, 1.807) is 11.8 Å². The van der Waals surface area contributed by atoms with Crippen LogP contribution in [0.25, 0.3) is 0 Å². The number of anilines is 1. The third kappa shape index (κ3) is 2.99. The number of thioether (sulfide) groups is 1. The number of carbonyl (C=O) groups is 2. The van der Waals surface area contributed by atoms with Crippen LogP contribution in [0.5, 0.6) is 0 Å². The lowest BCUT2D eigenvalue weighted by Gasteiger charge is -2.23. The number of hydrogen-bond acceptors (Lipinski definition) is 8. The maximum absolute atomic E-state index is 11.2. The number of benzene rings is 1. The lowest BCUT2D eigenvalue weighted by Crippen LogP contribution is -2.43. The third-order valence-electron chi connectivity index (χ3n) is 4.05. The van der Waals surface area contributed by atoms with Crippen LogP contribution in [0.3, 0.4) is 0 Å². The summed E-state index contributed by atoms with van der Waals surface area (Å²) in [5, 5.41) is 4.02. The van der Waals surface area contributed by atoms with E-state index in [4.69, 9.17) is 9.47 Å². The lowest BCUT2D eigenvalue weighted by atomic mass is 10.1. The van der Waals surface area contributed by atoms with Gasteiger partial charge in [0.05, 0.1) is 5.69 Å². The standard InChI is InChI=1S/C16H17N3O4S/c20-12-9-13(21)23-16(22-12)18-7-5-10-3-1-4-11-14(10)24-15-17-6-2-8-19(11)15/h1,3-4,16,18H,2,5-9H2. The maximum Gasteiger partial charge on any atom is 0.321 e. The Morgan fingerprint density at radius 2 is 2.12 bits per heavy atom. The number of fused-ring (bicyclic) bond motifs is 3. The number of nitrogens with zero attached hydrogens (tertiary/aromatic N) is 2. The molecule has 1 fully saturated rings. The summed E-state index contributed by atoms with van der Waals surface area (Å²) in [6.45, 7) is 2.44. The topological polar surface area (TPSA) is 80.2 Å². The molecule has 3 aliphatic rings. The van der Waals surface area contributed by atoms with Gasteiger partial charge in [-0.05, 0) is 36.2 Å². The van der Waals surface area contributed by atoms with Crippen LogP contribution in [0.2, 0.25) is 0 Å². The van der Waals surface area contributed by atoms with E-state index in [1.165, 1.54) is 16.1 Å². The summed E-state index contributed by atoms with van der Waals surface area (Å²) < 4.78 is 9.88. The number of ether oxygens (including phenoxy) is 2. The highest BCUT2D eigenvalue weighted by molar-refractivity contribution is 8.14. The molecule has 0 amide bonds. The number of aliphatic imine (C=N–C) groups is 1. The van der Waals surface area contributed by atoms with Gasteiger partial charge in [0.25, 0.3) is 0 Å².